The molecule has 0 saturated carbocycles. The van der Waals surface area contributed by atoms with Crippen LogP contribution in [0.5, 0.6) is 5.75 Å². The molecule has 0 bridgehead atoms. The number of halogens is 1. The zero-order chi connectivity index (χ0) is 19.4. The van der Waals surface area contributed by atoms with E-state index in [1.54, 1.807) is 23.6 Å². The molecule has 0 radical (unpaired) electrons. The van der Waals surface area contributed by atoms with Crippen molar-refractivity contribution < 1.29 is 27.1 Å². The quantitative estimate of drug-likeness (QED) is 0.681. The second-order valence-electron chi connectivity index (χ2n) is 6.19. The molecule has 2 heterocycles. The molecule has 0 atom stereocenters. The molecule has 1 aromatic heterocycles. The Morgan fingerprint density at radius 2 is 2.04 bits per heavy atom. The number of carbonyl (C=O) groups is 1. The summed E-state index contributed by atoms with van der Waals surface area (Å²) in [5.74, 6) is -1.13. The van der Waals surface area contributed by atoms with E-state index in [1.807, 2.05) is 0 Å². The van der Waals surface area contributed by atoms with Crippen molar-refractivity contribution in [2.75, 3.05) is 20.2 Å². The van der Waals surface area contributed by atoms with Gasteiger partial charge < -0.3 is 9.47 Å². The van der Waals surface area contributed by atoms with Crippen LogP contribution in [-0.2, 0) is 26.2 Å². The van der Waals surface area contributed by atoms with Gasteiger partial charge in [0.1, 0.15) is 10.8 Å². The molecule has 0 unspecified atom stereocenters. The molecule has 1 aliphatic rings. The molecule has 1 aromatic carbocycles. The van der Waals surface area contributed by atoms with Crippen LogP contribution in [0.3, 0.4) is 0 Å². The Balaban J connectivity index is 1.52. The molecule has 0 amide bonds. The van der Waals surface area contributed by atoms with Crippen LogP contribution in [0, 0.1) is 11.7 Å². The average molecular weight is 413 g/mol. The van der Waals surface area contributed by atoms with E-state index < -0.39 is 15.8 Å². The monoisotopic (exact) mass is 413 g/mol. The number of hydrogen-bond acceptors (Lipinski definition) is 6. The Morgan fingerprint density at radius 3 is 2.63 bits per heavy atom. The summed E-state index contributed by atoms with van der Waals surface area (Å²) < 4.78 is 50.5. The van der Waals surface area contributed by atoms with Crippen molar-refractivity contribution in [1.29, 1.82) is 0 Å². The summed E-state index contributed by atoms with van der Waals surface area (Å²) in [6.07, 6.45) is 0.806. The third-order valence-electron chi connectivity index (χ3n) is 4.47. The maximum absolute atomic E-state index is 13.7. The van der Waals surface area contributed by atoms with Crippen molar-refractivity contribution in [2.45, 2.75) is 23.7 Å². The van der Waals surface area contributed by atoms with Crippen molar-refractivity contribution in [2.24, 2.45) is 5.92 Å². The number of methoxy groups -OCH3 is 1. The van der Waals surface area contributed by atoms with Crippen LogP contribution in [0.25, 0.3) is 0 Å². The number of rotatable bonds is 6. The average Bonchev–Trinajstić information content (AvgIpc) is 3.22. The Morgan fingerprint density at radius 1 is 1.30 bits per heavy atom. The largest absolute Gasteiger partial charge is 0.494 e. The van der Waals surface area contributed by atoms with E-state index in [0.29, 0.717) is 22.6 Å². The lowest BCUT2D eigenvalue weighted by Gasteiger charge is -2.29. The zero-order valence-electron chi connectivity index (χ0n) is 14.8. The van der Waals surface area contributed by atoms with Gasteiger partial charge in [-0.2, -0.15) is 4.31 Å². The minimum absolute atomic E-state index is 0.0343. The van der Waals surface area contributed by atoms with E-state index in [9.17, 15) is 17.6 Å². The van der Waals surface area contributed by atoms with Crippen LogP contribution >= 0.6 is 11.3 Å². The predicted octanol–water partition coefficient (Wildman–Crippen LogP) is 3.04. The highest BCUT2D eigenvalue weighted by Crippen LogP contribution is 2.27. The fourth-order valence-corrected chi connectivity index (χ4v) is 5.56. The summed E-state index contributed by atoms with van der Waals surface area (Å²) in [5.41, 5.74) is 0.527. The Hall–Kier alpha value is -1.97. The first-order chi connectivity index (χ1) is 12.9. The third kappa shape index (κ3) is 4.48. The molecular formula is C18H20FNO5S2. The molecule has 6 nitrogen and oxygen atoms in total. The fourth-order valence-electron chi connectivity index (χ4n) is 2.94. The van der Waals surface area contributed by atoms with E-state index in [1.165, 1.54) is 34.9 Å². The van der Waals surface area contributed by atoms with Crippen LogP contribution in [0.15, 0.2) is 39.9 Å². The molecule has 1 aliphatic heterocycles. The van der Waals surface area contributed by atoms with Gasteiger partial charge in [-0.15, -0.1) is 11.3 Å². The smallest absolute Gasteiger partial charge is 0.309 e. The first-order valence-electron chi connectivity index (χ1n) is 8.44. The Bertz CT molecular complexity index is 890. The van der Waals surface area contributed by atoms with E-state index in [4.69, 9.17) is 9.47 Å². The number of nitrogens with zero attached hydrogens (tertiary/aromatic N) is 1. The second kappa shape index (κ2) is 8.37. The molecule has 1 fully saturated rings. The number of sulfonamides is 1. The third-order valence-corrected chi connectivity index (χ3v) is 7.75. The maximum atomic E-state index is 13.7. The second-order valence-corrected chi connectivity index (χ2v) is 9.30. The lowest BCUT2D eigenvalue weighted by Crippen LogP contribution is -2.40. The minimum Gasteiger partial charge on any atom is -0.494 e. The first kappa shape index (κ1) is 19.8. The molecule has 27 heavy (non-hydrogen) atoms. The summed E-state index contributed by atoms with van der Waals surface area (Å²) in [7, 11) is -2.11. The van der Waals surface area contributed by atoms with Gasteiger partial charge in [-0.25, -0.2) is 12.8 Å². The van der Waals surface area contributed by atoms with E-state index in [0.717, 1.165) is 0 Å². The molecule has 146 valence electrons. The molecule has 3 rings (SSSR count). The number of thiophene rings is 1. The highest BCUT2D eigenvalue weighted by molar-refractivity contribution is 7.91. The molecule has 0 aliphatic carbocycles. The highest BCUT2D eigenvalue weighted by atomic mass is 32.2. The summed E-state index contributed by atoms with van der Waals surface area (Å²) in [6, 6.07) is 7.65. The van der Waals surface area contributed by atoms with Gasteiger partial charge in [0, 0.05) is 13.1 Å². The maximum Gasteiger partial charge on any atom is 0.309 e. The predicted molar refractivity (Wildman–Crippen MR) is 98.5 cm³/mol. The summed E-state index contributed by atoms with van der Waals surface area (Å²) in [5, 5.41) is 1.72. The van der Waals surface area contributed by atoms with E-state index >= 15 is 0 Å². The van der Waals surface area contributed by atoms with Gasteiger partial charge >= 0.3 is 5.97 Å². The normalized spacial score (nSPS) is 16.2. The van der Waals surface area contributed by atoms with Crippen LogP contribution in [0.4, 0.5) is 4.39 Å². The zero-order valence-corrected chi connectivity index (χ0v) is 16.4. The van der Waals surface area contributed by atoms with Crippen molar-refractivity contribution in [3.05, 3.63) is 47.1 Å². The number of hydrogen-bond donors (Lipinski definition) is 0. The summed E-state index contributed by atoms with van der Waals surface area (Å²) >= 11 is 1.18. The van der Waals surface area contributed by atoms with Crippen LogP contribution in [0.2, 0.25) is 0 Å². The van der Waals surface area contributed by atoms with Crippen molar-refractivity contribution >= 4 is 27.3 Å². The number of piperidine rings is 1. The number of ether oxygens (including phenoxy) is 2. The minimum atomic E-state index is -3.49. The number of carbonyl (C=O) groups excluding carboxylic acids is 1. The fraction of sp³-hybridized carbons (Fsp3) is 0.389. The van der Waals surface area contributed by atoms with Gasteiger partial charge in [-0.3, -0.25) is 4.79 Å². The van der Waals surface area contributed by atoms with Crippen molar-refractivity contribution in [3.63, 3.8) is 0 Å². The molecule has 0 spiro atoms. The number of benzene rings is 1. The van der Waals surface area contributed by atoms with Crippen LogP contribution in [-0.4, -0.2) is 38.9 Å². The first-order valence-corrected chi connectivity index (χ1v) is 10.8. The summed E-state index contributed by atoms with van der Waals surface area (Å²) in [4.78, 5) is 12.3. The van der Waals surface area contributed by atoms with Crippen molar-refractivity contribution in [3.8, 4) is 5.75 Å². The lowest BCUT2D eigenvalue weighted by molar-refractivity contribution is -0.151. The SMILES string of the molecule is COc1ccc(COC(=O)C2CCN(S(=O)(=O)c3cccs3)CC2)cc1F. The van der Waals surface area contributed by atoms with Crippen LogP contribution in [0.1, 0.15) is 18.4 Å². The topological polar surface area (TPSA) is 72.9 Å². The van der Waals surface area contributed by atoms with Gasteiger partial charge in [0.15, 0.2) is 11.6 Å². The van der Waals surface area contributed by atoms with Crippen LogP contribution < -0.4 is 4.74 Å². The van der Waals surface area contributed by atoms with E-state index in [2.05, 4.69) is 0 Å². The molecule has 9 heteroatoms. The Labute approximate surface area is 161 Å². The van der Waals surface area contributed by atoms with Crippen molar-refractivity contribution in [1.82, 2.24) is 4.31 Å². The van der Waals surface area contributed by atoms with Gasteiger partial charge in [-0.1, -0.05) is 12.1 Å². The standard InChI is InChI=1S/C18H20FNO5S2/c1-24-16-5-4-13(11-15(16)19)12-25-18(21)14-6-8-20(9-7-14)27(22,23)17-3-2-10-26-17/h2-5,10-11,14H,6-9,12H2,1H3. The number of esters is 1. The molecule has 2 aromatic rings. The summed E-state index contributed by atoms with van der Waals surface area (Å²) in [6.45, 7) is 0.516. The van der Waals surface area contributed by atoms with Gasteiger partial charge in [0.05, 0.1) is 13.0 Å². The van der Waals surface area contributed by atoms with E-state index in [-0.39, 0.29) is 37.3 Å². The highest BCUT2D eigenvalue weighted by Gasteiger charge is 2.33. The molecule has 1 saturated heterocycles. The molecular weight excluding hydrogens is 393 g/mol. The molecule has 0 N–H and O–H groups in total. The Kier molecular flexibility index (Phi) is 6.13. The van der Waals surface area contributed by atoms with Gasteiger partial charge in [0.2, 0.25) is 0 Å². The van der Waals surface area contributed by atoms with Gasteiger partial charge in [-0.05, 0) is 42.0 Å². The lowest BCUT2D eigenvalue weighted by atomic mass is 9.98. The van der Waals surface area contributed by atoms with Gasteiger partial charge in [0.25, 0.3) is 10.0 Å².